The van der Waals surface area contributed by atoms with Crippen molar-refractivity contribution in [3.8, 4) is 0 Å². The number of benzene rings is 1. The van der Waals surface area contributed by atoms with Crippen LogP contribution in [0.3, 0.4) is 0 Å². The van der Waals surface area contributed by atoms with Gasteiger partial charge in [0, 0.05) is 12.7 Å². The number of hydrogen-bond donors (Lipinski definition) is 0. The average molecular weight is 335 g/mol. The molecule has 4 nitrogen and oxygen atoms in total. The molecule has 3 rings (SSSR count). The van der Waals surface area contributed by atoms with Crippen LogP contribution in [0.4, 0.5) is 13.2 Å². The summed E-state index contributed by atoms with van der Waals surface area (Å²) in [6.07, 6.45) is -1.56. The van der Waals surface area contributed by atoms with Crippen LogP contribution in [0.2, 0.25) is 0 Å². The number of likely N-dealkylation sites (tertiary alicyclic amines) is 1. The van der Waals surface area contributed by atoms with Crippen LogP contribution < -0.4 is 0 Å². The number of hydrogen-bond acceptors (Lipinski definition) is 3. The first-order chi connectivity index (χ1) is 11.4. The number of amides is 1. The van der Waals surface area contributed by atoms with Gasteiger partial charge in [-0.3, -0.25) is 4.79 Å². The molecule has 1 aliphatic rings. The fourth-order valence-corrected chi connectivity index (χ4v) is 3.05. The van der Waals surface area contributed by atoms with E-state index in [0.29, 0.717) is 24.5 Å². The normalized spacial score (nSPS) is 18.0. The van der Waals surface area contributed by atoms with Crippen LogP contribution in [0.1, 0.15) is 46.3 Å². The predicted octanol–water partition coefficient (Wildman–Crippen LogP) is 3.78. The molecular weight excluding hydrogens is 319 g/mol. The van der Waals surface area contributed by atoms with E-state index in [0.717, 1.165) is 12.5 Å². The smallest absolute Gasteiger partial charge is 0.330 e. The quantitative estimate of drug-likeness (QED) is 0.839. The molecule has 0 bridgehead atoms. The highest BCUT2D eigenvalue weighted by Gasteiger charge is 2.38. The number of aromatic nitrogens is 2. The summed E-state index contributed by atoms with van der Waals surface area (Å²) >= 11 is 0. The molecule has 1 fully saturated rings. The van der Waals surface area contributed by atoms with E-state index in [2.05, 4.69) is 9.97 Å². The first-order valence-electron chi connectivity index (χ1n) is 7.64. The third-order valence-electron chi connectivity index (χ3n) is 4.12. The van der Waals surface area contributed by atoms with Crippen LogP contribution >= 0.6 is 0 Å². The maximum atomic E-state index is 13.2. The van der Waals surface area contributed by atoms with Gasteiger partial charge in [-0.25, -0.2) is 9.97 Å². The average Bonchev–Trinajstić information content (AvgIpc) is 3.03. The largest absolute Gasteiger partial charge is 0.417 e. The Morgan fingerprint density at radius 1 is 1.25 bits per heavy atom. The van der Waals surface area contributed by atoms with Gasteiger partial charge in [-0.15, -0.1) is 0 Å². The Kier molecular flexibility index (Phi) is 4.26. The molecule has 0 aliphatic carbocycles. The molecule has 2 heterocycles. The van der Waals surface area contributed by atoms with Gasteiger partial charge in [-0.05, 0) is 38.0 Å². The van der Waals surface area contributed by atoms with E-state index in [9.17, 15) is 18.0 Å². The standard InChI is InChI=1S/C17H16F3N3O/c1-11-21-9-8-14(22-11)15-7-4-10-23(15)16(24)12-5-2-3-6-13(12)17(18,19)20/h2-3,5-6,8-9,15H,4,7,10H2,1H3. The van der Waals surface area contributed by atoms with Gasteiger partial charge in [0.25, 0.3) is 5.91 Å². The topological polar surface area (TPSA) is 46.1 Å². The zero-order valence-corrected chi connectivity index (χ0v) is 13.0. The van der Waals surface area contributed by atoms with Gasteiger partial charge < -0.3 is 4.90 Å². The van der Waals surface area contributed by atoms with Crippen molar-refractivity contribution in [2.75, 3.05) is 6.54 Å². The molecule has 24 heavy (non-hydrogen) atoms. The van der Waals surface area contributed by atoms with E-state index in [1.807, 2.05) is 0 Å². The number of aryl methyl sites for hydroxylation is 1. The molecular formula is C17H16F3N3O. The summed E-state index contributed by atoms with van der Waals surface area (Å²) in [5.41, 5.74) is -0.556. The summed E-state index contributed by atoms with van der Waals surface area (Å²) < 4.78 is 39.5. The summed E-state index contributed by atoms with van der Waals surface area (Å²) in [7, 11) is 0. The van der Waals surface area contributed by atoms with Gasteiger partial charge in [0.05, 0.1) is 22.9 Å². The molecule has 1 aromatic carbocycles. The zero-order chi connectivity index (χ0) is 17.3. The predicted molar refractivity (Wildman–Crippen MR) is 81.2 cm³/mol. The fraction of sp³-hybridized carbons (Fsp3) is 0.353. The molecule has 2 aromatic rings. The lowest BCUT2D eigenvalue weighted by Gasteiger charge is -2.25. The van der Waals surface area contributed by atoms with Crippen molar-refractivity contribution in [1.29, 1.82) is 0 Å². The Morgan fingerprint density at radius 3 is 2.71 bits per heavy atom. The lowest BCUT2D eigenvalue weighted by molar-refractivity contribution is -0.138. The van der Waals surface area contributed by atoms with Crippen molar-refractivity contribution < 1.29 is 18.0 Å². The minimum absolute atomic E-state index is 0.317. The number of alkyl halides is 3. The SMILES string of the molecule is Cc1nccc(C2CCCN2C(=O)c2ccccc2C(F)(F)F)n1. The molecule has 1 aliphatic heterocycles. The molecule has 0 N–H and O–H groups in total. The number of carbonyl (C=O) groups excluding carboxylic acids is 1. The van der Waals surface area contributed by atoms with Crippen molar-refractivity contribution >= 4 is 5.91 Å². The van der Waals surface area contributed by atoms with Gasteiger partial charge in [-0.2, -0.15) is 13.2 Å². The van der Waals surface area contributed by atoms with Crippen molar-refractivity contribution in [3.05, 3.63) is 59.2 Å². The number of rotatable bonds is 2. The van der Waals surface area contributed by atoms with E-state index in [1.165, 1.54) is 23.1 Å². The molecule has 0 radical (unpaired) electrons. The second-order valence-electron chi connectivity index (χ2n) is 5.73. The highest BCUT2D eigenvalue weighted by atomic mass is 19.4. The van der Waals surface area contributed by atoms with E-state index >= 15 is 0 Å². The number of halogens is 3. The summed E-state index contributed by atoms with van der Waals surface area (Å²) in [6.45, 7) is 2.16. The van der Waals surface area contributed by atoms with Gasteiger partial charge in [0.1, 0.15) is 5.82 Å². The van der Waals surface area contributed by atoms with Gasteiger partial charge in [0.15, 0.2) is 0 Å². The van der Waals surface area contributed by atoms with Crippen LogP contribution in [0.25, 0.3) is 0 Å². The highest BCUT2D eigenvalue weighted by Crippen LogP contribution is 2.36. The van der Waals surface area contributed by atoms with Gasteiger partial charge in [-0.1, -0.05) is 12.1 Å². The second kappa shape index (κ2) is 6.22. The first kappa shape index (κ1) is 16.4. The fourth-order valence-electron chi connectivity index (χ4n) is 3.05. The summed E-state index contributed by atoms with van der Waals surface area (Å²) in [6, 6.07) is 6.29. The summed E-state index contributed by atoms with van der Waals surface area (Å²) in [5.74, 6) is -0.0378. The second-order valence-corrected chi connectivity index (χ2v) is 5.73. The third-order valence-corrected chi connectivity index (χ3v) is 4.12. The van der Waals surface area contributed by atoms with Crippen LogP contribution in [-0.2, 0) is 6.18 Å². The number of nitrogens with zero attached hydrogens (tertiary/aromatic N) is 3. The lowest BCUT2D eigenvalue weighted by atomic mass is 10.0. The van der Waals surface area contributed by atoms with E-state index in [-0.39, 0.29) is 11.6 Å². The van der Waals surface area contributed by atoms with Gasteiger partial charge >= 0.3 is 6.18 Å². The Labute approximate surface area is 137 Å². The molecule has 1 atom stereocenters. The molecule has 1 saturated heterocycles. The van der Waals surface area contributed by atoms with Crippen LogP contribution in [0, 0.1) is 6.92 Å². The van der Waals surface area contributed by atoms with Crippen LogP contribution in [0.5, 0.6) is 0 Å². The minimum atomic E-state index is -4.56. The van der Waals surface area contributed by atoms with E-state index in [4.69, 9.17) is 0 Å². The van der Waals surface area contributed by atoms with Crippen LogP contribution in [0.15, 0.2) is 36.5 Å². The zero-order valence-electron chi connectivity index (χ0n) is 13.0. The maximum absolute atomic E-state index is 13.2. The van der Waals surface area contributed by atoms with E-state index < -0.39 is 17.6 Å². The molecule has 0 saturated carbocycles. The molecule has 7 heteroatoms. The third kappa shape index (κ3) is 3.11. The van der Waals surface area contributed by atoms with Crippen molar-refractivity contribution in [1.82, 2.24) is 14.9 Å². The first-order valence-corrected chi connectivity index (χ1v) is 7.64. The van der Waals surface area contributed by atoms with Crippen LogP contribution in [-0.4, -0.2) is 27.3 Å². The Balaban J connectivity index is 1.95. The van der Waals surface area contributed by atoms with Crippen molar-refractivity contribution in [3.63, 3.8) is 0 Å². The van der Waals surface area contributed by atoms with E-state index in [1.54, 1.807) is 19.2 Å². The number of carbonyl (C=O) groups is 1. The molecule has 1 amide bonds. The summed E-state index contributed by atoms with van der Waals surface area (Å²) in [4.78, 5) is 22.6. The summed E-state index contributed by atoms with van der Waals surface area (Å²) in [5, 5.41) is 0. The minimum Gasteiger partial charge on any atom is -0.330 e. The Bertz CT molecular complexity index is 761. The molecule has 0 spiro atoms. The Morgan fingerprint density at radius 2 is 2.00 bits per heavy atom. The molecule has 1 aromatic heterocycles. The van der Waals surface area contributed by atoms with Crippen molar-refractivity contribution in [2.45, 2.75) is 32.0 Å². The van der Waals surface area contributed by atoms with Gasteiger partial charge in [0.2, 0.25) is 0 Å². The Hall–Kier alpha value is -2.44. The highest BCUT2D eigenvalue weighted by molar-refractivity contribution is 5.96. The maximum Gasteiger partial charge on any atom is 0.417 e. The molecule has 126 valence electrons. The van der Waals surface area contributed by atoms with Crippen molar-refractivity contribution in [2.24, 2.45) is 0 Å². The lowest BCUT2D eigenvalue weighted by Crippen LogP contribution is -2.32. The monoisotopic (exact) mass is 335 g/mol. The molecule has 1 unspecified atom stereocenters.